The van der Waals surface area contributed by atoms with Crippen molar-refractivity contribution in [2.75, 3.05) is 0 Å². The minimum Gasteiger partial charge on any atom is -0.481 e. The Morgan fingerprint density at radius 1 is 1.27 bits per heavy atom. The van der Waals surface area contributed by atoms with Crippen molar-refractivity contribution in [3.63, 3.8) is 0 Å². The first kappa shape index (κ1) is 10.2. The van der Waals surface area contributed by atoms with Gasteiger partial charge in [0.2, 0.25) is 0 Å². The van der Waals surface area contributed by atoms with Crippen LogP contribution in [0.15, 0.2) is 30.3 Å². The Hall–Kier alpha value is -1.31. The average molecular weight is 204 g/mol. The van der Waals surface area contributed by atoms with Gasteiger partial charge in [0, 0.05) is 0 Å². The van der Waals surface area contributed by atoms with Crippen molar-refractivity contribution in [2.45, 2.75) is 25.7 Å². The largest absolute Gasteiger partial charge is 0.481 e. The number of aryl methyl sites for hydroxylation is 1. The number of hydrogen-bond acceptors (Lipinski definition) is 1. The fourth-order valence-corrected chi connectivity index (χ4v) is 2.19. The van der Waals surface area contributed by atoms with Crippen LogP contribution >= 0.6 is 0 Å². The summed E-state index contributed by atoms with van der Waals surface area (Å²) in [7, 11) is 0. The molecule has 0 heterocycles. The molecule has 1 aromatic carbocycles. The van der Waals surface area contributed by atoms with Gasteiger partial charge in [-0.3, -0.25) is 4.79 Å². The van der Waals surface area contributed by atoms with Gasteiger partial charge in [0.1, 0.15) is 0 Å². The summed E-state index contributed by atoms with van der Waals surface area (Å²) >= 11 is 0. The van der Waals surface area contributed by atoms with Gasteiger partial charge in [-0.15, -0.1) is 0 Å². The molecule has 1 aliphatic carbocycles. The summed E-state index contributed by atoms with van der Waals surface area (Å²) in [6.07, 6.45) is 3.97. The lowest BCUT2D eigenvalue weighted by molar-refractivity contribution is -0.146. The van der Waals surface area contributed by atoms with E-state index < -0.39 is 5.97 Å². The summed E-state index contributed by atoms with van der Waals surface area (Å²) in [6.45, 7) is 0. The van der Waals surface area contributed by atoms with Crippen molar-refractivity contribution in [1.29, 1.82) is 0 Å². The number of benzene rings is 1. The van der Waals surface area contributed by atoms with E-state index in [9.17, 15) is 4.79 Å². The fraction of sp³-hybridized carbons (Fsp3) is 0.462. The molecular weight excluding hydrogens is 188 g/mol. The third kappa shape index (κ3) is 2.58. The summed E-state index contributed by atoms with van der Waals surface area (Å²) in [5.74, 6) is -0.0527. The van der Waals surface area contributed by atoms with E-state index in [-0.39, 0.29) is 5.92 Å². The zero-order valence-corrected chi connectivity index (χ0v) is 8.73. The molecule has 15 heavy (non-hydrogen) atoms. The van der Waals surface area contributed by atoms with Crippen LogP contribution in [0.5, 0.6) is 0 Å². The van der Waals surface area contributed by atoms with Gasteiger partial charge in [-0.25, -0.2) is 0 Å². The van der Waals surface area contributed by atoms with E-state index >= 15 is 0 Å². The van der Waals surface area contributed by atoms with E-state index in [2.05, 4.69) is 24.3 Å². The van der Waals surface area contributed by atoms with Crippen LogP contribution in [0.25, 0.3) is 0 Å². The van der Waals surface area contributed by atoms with Gasteiger partial charge in [0.25, 0.3) is 0 Å². The molecule has 1 aromatic rings. The second-order valence-electron chi connectivity index (χ2n) is 4.40. The molecule has 2 heteroatoms. The van der Waals surface area contributed by atoms with Crippen LogP contribution in [-0.2, 0) is 11.2 Å². The maximum atomic E-state index is 10.6. The van der Waals surface area contributed by atoms with Gasteiger partial charge in [0.15, 0.2) is 0 Å². The first-order valence-electron chi connectivity index (χ1n) is 5.52. The zero-order valence-electron chi connectivity index (χ0n) is 8.73. The highest BCUT2D eigenvalue weighted by atomic mass is 16.4. The molecule has 0 aliphatic heterocycles. The summed E-state index contributed by atoms with van der Waals surface area (Å²) < 4.78 is 0. The molecule has 0 spiro atoms. The van der Waals surface area contributed by atoms with Crippen LogP contribution in [0.3, 0.4) is 0 Å². The third-order valence-corrected chi connectivity index (χ3v) is 3.27. The molecule has 2 rings (SSSR count). The van der Waals surface area contributed by atoms with Crippen LogP contribution in [0, 0.1) is 11.8 Å². The molecule has 80 valence electrons. The second-order valence-corrected chi connectivity index (χ2v) is 4.40. The predicted octanol–water partition coefficient (Wildman–Crippen LogP) is 2.73. The summed E-state index contributed by atoms with van der Waals surface area (Å²) in [5.41, 5.74) is 1.36. The lowest BCUT2D eigenvalue weighted by atomic mass is 9.72. The lowest BCUT2D eigenvalue weighted by Gasteiger charge is -2.32. The Bertz CT molecular complexity index is 326. The highest BCUT2D eigenvalue weighted by molar-refractivity contribution is 5.71. The summed E-state index contributed by atoms with van der Waals surface area (Å²) in [5, 5.41) is 8.74. The Labute approximate surface area is 89.9 Å². The number of carbonyl (C=O) groups is 1. The maximum Gasteiger partial charge on any atom is 0.306 e. The Balaban J connectivity index is 1.71. The molecule has 0 radical (unpaired) electrons. The summed E-state index contributed by atoms with van der Waals surface area (Å²) in [6, 6.07) is 10.4. The van der Waals surface area contributed by atoms with Crippen LogP contribution in [-0.4, -0.2) is 11.1 Å². The van der Waals surface area contributed by atoms with Gasteiger partial charge in [-0.2, -0.15) is 0 Å². The first-order chi connectivity index (χ1) is 7.25. The molecule has 1 aliphatic rings. The Kier molecular flexibility index (Phi) is 3.05. The maximum absolute atomic E-state index is 10.6. The number of carboxylic acids is 1. The molecule has 1 saturated carbocycles. The van der Waals surface area contributed by atoms with Crippen LogP contribution in [0.1, 0.15) is 24.8 Å². The first-order valence-corrected chi connectivity index (χ1v) is 5.52. The normalized spacial score (nSPS) is 24.5. The van der Waals surface area contributed by atoms with Crippen LogP contribution in [0.2, 0.25) is 0 Å². The van der Waals surface area contributed by atoms with Crippen molar-refractivity contribution in [3.05, 3.63) is 35.9 Å². The number of hydrogen-bond donors (Lipinski definition) is 1. The average Bonchev–Trinajstić information content (AvgIpc) is 2.16. The van der Waals surface area contributed by atoms with Crippen molar-refractivity contribution in [2.24, 2.45) is 11.8 Å². The monoisotopic (exact) mass is 204 g/mol. The Morgan fingerprint density at radius 3 is 2.53 bits per heavy atom. The van der Waals surface area contributed by atoms with Gasteiger partial charge in [-0.05, 0) is 37.2 Å². The van der Waals surface area contributed by atoms with Crippen molar-refractivity contribution in [1.82, 2.24) is 0 Å². The predicted molar refractivity (Wildman–Crippen MR) is 58.6 cm³/mol. The SMILES string of the molecule is O=C(O)C1CC(CCc2ccccc2)C1. The molecule has 1 N–H and O–H groups in total. The molecule has 2 nitrogen and oxygen atoms in total. The van der Waals surface area contributed by atoms with Crippen molar-refractivity contribution < 1.29 is 9.90 Å². The van der Waals surface area contributed by atoms with E-state index in [0.29, 0.717) is 5.92 Å². The molecule has 0 saturated heterocycles. The second kappa shape index (κ2) is 4.47. The molecule has 1 fully saturated rings. The number of rotatable bonds is 4. The van der Waals surface area contributed by atoms with Gasteiger partial charge < -0.3 is 5.11 Å². The molecule has 0 unspecified atom stereocenters. The van der Waals surface area contributed by atoms with E-state index in [1.165, 1.54) is 5.56 Å². The fourth-order valence-electron chi connectivity index (χ4n) is 2.19. The number of aliphatic carboxylic acids is 1. The van der Waals surface area contributed by atoms with Gasteiger partial charge in [-0.1, -0.05) is 30.3 Å². The zero-order chi connectivity index (χ0) is 10.7. The van der Waals surface area contributed by atoms with Gasteiger partial charge >= 0.3 is 5.97 Å². The molecular formula is C13H16O2. The standard InChI is InChI=1S/C13H16O2/c14-13(15)12-8-11(9-12)7-6-10-4-2-1-3-5-10/h1-5,11-12H,6-9H2,(H,14,15). The summed E-state index contributed by atoms with van der Waals surface area (Å²) in [4.78, 5) is 10.6. The highest BCUT2D eigenvalue weighted by Crippen LogP contribution is 2.36. The molecule has 0 bridgehead atoms. The van der Waals surface area contributed by atoms with E-state index in [1.807, 2.05) is 6.07 Å². The number of carboxylic acid groups (broad SMARTS) is 1. The van der Waals surface area contributed by atoms with Crippen molar-refractivity contribution in [3.8, 4) is 0 Å². The molecule has 0 atom stereocenters. The topological polar surface area (TPSA) is 37.3 Å². The Morgan fingerprint density at radius 2 is 1.93 bits per heavy atom. The molecule has 0 aromatic heterocycles. The third-order valence-electron chi connectivity index (χ3n) is 3.27. The van der Waals surface area contributed by atoms with Crippen molar-refractivity contribution >= 4 is 5.97 Å². The minimum absolute atomic E-state index is 0.0641. The lowest BCUT2D eigenvalue weighted by Crippen LogP contribution is -2.30. The van der Waals surface area contributed by atoms with Crippen LogP contribution in [0.4, 0.5) is 0 Å². The minimum atomic E-state index is -0.619. The van der Waals surface area contributed by atoms with Crippen LogP contribution < -0.4 is 0 Å². The quantitative estimate of drug-likeness (QED) is 0.818. The molecule has 0 amide bonds. The smallest absolute Gasteiger partial charge is 0.306 e. The van der Waals surface area contributed by atoms with E-state index in [0.717, 1.165) is 25.7 Å². The van der Waals surface area contributed by atoms with E-state index in [1.54, 1.807) is 0 Å². The highest BCUT2D eigenvalue weighted by Gasteiger charge is 2.33. The van der Waals surface area contributed by atoms with E-state index in [4.69, 9.17) is 5.11 Å². The van der Waals surface area contributed by atoms with Gasteiger partial charge in [0.05, 0.1) is 5.92 Å².